The Balaban J connectivity index is 1.55. The molecule has 10 nitrogen and oxygen atoms in total. The largest absolute Gasteiger partial charge is 0.481 e. The topological polar surface area (TPSA) is 161 Å². The van der Waals surface area contributed by atoms with Crippen LogP contribution >= 0.6 is 0 Å². The first-order valence-electron chi connectivity index (χ1n) is 11.0. The van der Waals surface area contributed by atoms with Crippen LogP contribution in [-0.4, -0.2) is 41.3 Å². The molecular weight excluding hydrogens is 462 g/mol. The highest BCUT2D eigenvalue weighted by molar-refractivity contribution is 6.09. The van der Waals surface area contributed by atoms with Crippen LogP contribution in [0.2, 0.25) is 0 Å². The van der Waals surface area contributed by atoms with Crippen LogP contribution in [0.5, 0.6) is 0 Å². The average molecular weight is 486 g/mol. The number of carbonyl (C=O) groups is 4. The molecule has 182 valence electrons. The van der Waals surface area contributed by atoms with Gasteiger partial charge in [-0.15, -0.1) is 0 Å². The normalized spacial score (nSPS) is 11.0. The second-order valence-corrected chi connectivity index (χ2v) is 7.83. The van der Waals surface area contributed by atoms with E-state index in [1.807, 2.05) is 6.07 Å². The maximum Gasteiger partial charge on any atom is 0.305 e. The third-order valence-electron chi connectivity index (χ3n) is 5.24. The third-order valence-corrected chi connectivity index (χ3v) is 5.24. The summed E-state index contributed by atoms with van der Waals surface area (Å²) in [6, 6.07) is 20.8. The molecular formula is C26H23N5O5. The molecule has 0 radical (unpaired) electrons. The zero-order valence-electron chi connectivity index (χ0n) is 19.1. The van der Waals surface area contributed by atoms with Crippen molar-refractivity contribution in [2.45, 2.75) is 19.0 Å². The molecule has 0 aromatic heterocycles. The Kier molecular flexibility index (Phi) is 8.91. The van der Waals surface area contributed by atoms with E-state index in [1.54, 1.807) is 72.8 Å². The number of benzene rings is 3. The van der Waals surface area contributed by atoms with Crippen molar-refractivity contribution in [1.82, 2.24) is 10.6 Å². The van der Waals surface area contributed by atoms with Gasteiger partial charge in [0.2, 0.25) is 0 Å². The van der Waals surface area contributed by atoms with Gasteiger partial charge in [-0.3, -0.25) is 19.2 Å². The van der Waals surface area contributed by atoms with E-state index < -0.39 is 17.9 Å². The zero-order chi connectivity index (χ0) is 25.9. The van der Waals surface area contributed by atoms with Gasteiger partial charge in [-0.25, -0.2) is 0 Å². The first-order valence-corrected chi connectivity index (χ1v) is 11.0. The minimum absolute atomic E-state index is 0.126. The van der Waals surface area contributed by atoms with E-state index in [0.717, 1.165) is 5.56 Å². The number of rotatable bonds is 11. The molecule has 0 bridgehead atoms. The molecule has 0 saturated carbocycles. The number of ketones is 1. The number of amides is 2. The SMILES string of the molecule is [N-]=[N+]=NC[C@H](CC(=O)O)NC(=O)c1ccc(CNC(=O)c2ccc(C(=O)c3ccccc3)cc2)cc1. The second-order valence-electron chi connectivity index (χ2n) is 7.83. The van der Waals surface area contributed by atoms with Crippen molar-refractivity contribution in [2.24, 2.45) is 5.11 Å². The highest BCUT2D eigenvalue weighted by Crippen LogP contribution is 2.12. The fourth-order valence-electron chi connectivity index (χ4n) is 3.36. The van der Waals surface area contributed by atoms with Gasteiger partial charge < -0.3 is 15.7 Å². The highest BCUT2D eigenvalue weighted by Gasteiger charge is 2.16. The van der Waals surface area contributed by atoms with Crippen LogP contribution in [0.4, 0.5) is 0 Å². The van der Waals surface area contributed by atoms with Crippen LogP contribution < -0.4 is 10.6 Å². The average Bonchev–Trinajstić information content (AvgIpc) is 2.90. The maximum absolute atomic E-state index is 12.5. The van der Waals surface area contributed by atoms with Crippen LogP contribution in [0, 0.1) is 0 Å². The Morgan fingerprint density at radius 3 is 1.97 bits per heavy atom. The van der Waals surface area contributed by atoms with E-state index in [2.05, 4.69) is 20.7 Å². The molecule has 1 atom stereocenters. The molecule has 3 rings (SSSR count). The van der Waals surface area contributed by atoms with Crippen LogP contribution in [0.25, 0.3) is 10.4 Å². The molecule has 36 heavy (non-hydrogen) atoms. The zero-order valence-corrected chi connectivity index (χ0v) is 19.1. The lowest BCUT2D eigenvalue weighted by Crippen LogP contribution is -2.38. The minimum atomic E-state index is -1.13. The lowest BCUT2D eigenvalue weighted by Gasteiger charge is -2.14. The second kappa shape index (κ2) is 12.5. The van der Waals surface area contributed by atoms with Gasteiger partial charge in [-0.2, -0.15) is 0 Å². The van der Waals surface area contributed by atoms with E-state index in [1.165, 1.54) is 0 Å². The molecule has 10 heteroatoms. The summed E-state index contributed by atoms with van der Waals surface area (Å²) in [6.45, 7) is 0.0317. The third kappa shape index (κ3) is 7.28. The smallest absolute Gasteiger partial charge is 0.305 e. The van der Waals surface area contributed by atoms with Crippen LogP contribution in [0.1, 0.15) is 48.6 Å². The molecule has 0 aliphatic heterocycles. The Morgan fingerprint density at radius 1 is 0.806 bits per heavy atom. The summed E-state index contributed by atoms with van der Waals surface area (Å²) >= 11 is 0. The number of azide groups is 1. The number of hydrogen-bond donors (Lipinski definition) is 3. The summed E-state index contributed by atoms with van der Waals surface area (Å²) in [6.07, 6.45) is -0.379. The number of carboxylic acids is 1. The molecule has 0 fully saturated rings. The number of nitrogens with zero attached hydrogens (tertiary/aromatic N) is 3. The summed E-state index contributed by atoms with van der Waals surface area (Å²) in [5.41, 5.74) is 10.9. The maximum atomic E-state index is 12.5. The van der Waals surface area contributed by atoms with Crippen molar-refractivity contribution in [2.75, 3.05) is 6.54 Å². The highest BCUT2D eigenvalue weighted by atomic mass is 16.4. The van der Waals surface area contributed by atoms with E-state index in [9.17, 15) is 19.2 Å². The van der Waals surface area contributed by atoms with Gasteiger partial charge in [0.05, 0.1) is 6.42 Å². The number of hydrogen-bond acceptors (Lipinski definition) is 5. The first kappa shape index (κ1) is 25.7. The van der Waals surface area contributed by atoms with Gasteiger partial charge in [0.25, 0.3) is 11.8 Å². The van der Waals surface area contributed by atoms with Crippen molar-refractivity contribution < 1.29 is 24.3 Å². The summed E-state index contributed by atoms with van der Waals surface area (Å²) in [5, 5.41) is 17.6. The molecule has 0 aliphatic carbocycles. The lowest BCUT2D eigenvalue weighted by atomic mass is 10.0. The van der Waals surface area contributed by atoms with Crippen molar-refractivity contribution in [1.29, 1.82) is 0 Å². The van der Waals surface area contributed by atoms with Crippen molar-refractivity contribution in [3.05, 3.63) is 117 Å². The monoisotopic (exact) mass is 485 g/mol. The molecule has 0 spiro atoms. The number of carbonyl (C=O) groups excluding carboxylic acids is 3. The van der Waals surface area contributed by atoms with E-state index in [0.29, 0.717) is 22.3 Å². The molecule has 2 amide bonds. The Labute approximate surface area is 206 Å². The van der Waals surface area contributed by atoms with Gasteiger partial charge in [0, 0.05) is 46.3 Å². The summed E-state index contributed by atoms with van der Waals surface area (Å²) in [7, 11) is 0. The molecule has 0 unspecified atom stereocenters. The van der Waals surface area contributed by atoms with Crippen LogP contribution in [-0.2, 0) is 11.3 Å². The predicted octanol–water partition coefficient (Wildman–Crippen LogP) is 3.73. The van der Waals surface area contributed by atoms with E-state index in [4.69, 9.17) is 10.6 Å². The van der Waals surface area contributed by atoms with Crippen LogP contribution in [0.15, 0.2) is 84.0 Å². The molecule has 3 aromatic carbocycles. The van der Waals surface area contributed by atoms with Crippen LogP contribution in [0.3, 0.4) is 0 Å². The van der Waals surface area contributed by atoms with Gasteiger partial charge in [0.1, 0.15) is 0 Å². The molecule has 3 aromatic rings. The van der Waals surface area contributed by atoms with Gasteiger partial charge >= 0.3 is 5.97 Å². The van der Waals surface area contributed by atoms with Gasteiger partial charge in [0.15, 0.2) is 5.78 Å². The van der Waals surface area contributed by atoms with Crippen molar-refractivity contribution in [3.63, 3.8) is 0 Å². The van der Waals surface area contributed by atoms with Gasteiger partial charge in [-0.05, 0) is 35.4 Å². The molecule has 0 aliphatic rings. The standard InChI is InChI=1S/C26H23N5O5/c27-31-29-16-22(14-23(32)33)30-26(36)21-8-6-17(7-9-21)15-28-25(35)20-12-10-19(11-13-20)24(34)18-4-2-1-3-5-18/h1-13,22H,14-16H2,(H,28,35)(H,30,36)(H,32,33)/t22-/m0/s1. The summed E-state index contributed by atoms with van der Waals surface area (Å²) < 4.78 is 0. The van der Waals surface area contributed by atoms with E-state index in [-0.39, 0.29) is 31.2 Å². The molecule has 0 saturated heterocycles. The Bertz CT molecular complexity index is 1280. The lowest BCUT2D eigenvalue weighted by molar-refractivity contribution is -0.137. The Morgan fingerprint density at radius 2 is 1.36 bits per heavy atom. The fraction of sp³-hybridized carbons (Fsp3) is 0.154. The fourth-order valence-corrected chi connectivity index (χ4v) is 3.36. The van der Waals surface area contributed by atoms with E-state index >= 15 is 0 Å². The quantitative estimate of drug-likeness (QED) is 0.163. The predicted molar refractivity (Wildman–Crippen MR) is 131 cm³/mol. The molecule has 3 N–H and O–H groups in total. The molecule has 0 heterocycles. The number of nitrogens with one attached hydrogen (secondary N) is 2. The summed E-state index contributed by atoms with van der Waals surface area (Å²) in [4.78, 5) is 50.9. The minimum Gasteiger partial charge on any atom is -0.481 e. The number of carboxylic acid groups (broad SMARTS) is 1. The number of aliphatic carboxylic acids is 1. The van der Waals surface area contributed by atoms with Crippen molar-refractivity contribution >= 4 is 23.6 Å². The van der Waals surface area contributed by atoms with Gasteiger partial charge in [-0.1, -0.05) is 59.7 Å². The van der Waals surface area contributed by atoms with Crippen molar-refractivity contribution in [3.8, 4) is 0 Å². The summed E-state index contributed by atoms with van der Waals surface area (Å²) in [5.74, 6) is -2.07. The Hall–Kier alpha value is -4.95. The first-order chi connectivity index (χ1) is 17.4.